The zero-order chi connectivity index (χ0) is 17.8. The molecule has 3 aromatic rings. The van der Waals surface area contributed by atoms with E-state index >= 15 is 0 Å². The molecule has 0 radical (unpaired) electrons. The first-order valence-corrected chi connectivity index (χ1v) is 8.66. The summed E-state index contributed by atoms with van der Waals surface area (Å²) in [6, 6.07) is 16.3. The molecule has 3 rings (SSSR count). The molecule has 1 amide bonds. The lowest BCUT2D eigenvalue weighted by Gasteiger charge is -2.06. The van der Waals surface area contributed by atoms with Gasteiger partial charge in [0.25, 0.3) is 5.91 Å². The third-order valence-corrected chi connectivity index (χ3v) is 4.99. The third kappa shape index (κ3) is 3.88. The van der Waals surface area contributed by atoms with Crippen LogP contribution in [-0.4, -0.2) is 13.0 Å². The molecule has 0 bridgehead atoms. The van der Waals surface area contributed by atoms with E-state index in [0.29, 0.717) is 22.5 Å². The molecule has 0 aliphatic heterocycles. The topological polar surface area (TPSA) is 38.3 Å². The van der Waals surface area contributed by atoms with E-state index in [-0.39, 0.29) is 11.7 Å². The lowest BCUT2D eigenvalue weighted by Crippen LogP contribution is -2.21. The first kappa shape index (κ1) is 17.2. The maximum Gasteiger partial charge on any atom is 0.261 e. The largest absolute Gasteiger partial charge is 0.497 e. The molecule has 0 atom stereocenters. The van der Waals surface area contributed by atoms with Crippen LogP contribution in [0.2, 0.25) is 0 Å². The molecule has 0 saturated carbocycles. The Morgan fingerprint density at radius 2 is 1.96 bits per heavy atom. The van der Waals surface area contributed by atoms with Crippen molar-refractivity contribution < 1.29 is 13.9 Å². The van der Waals surface area contributed by atoms with Crippen molar-refractivity contribution in [1.29, 1.82) is 0 Å². The molecule has 0 saturated heterocycles. The standard InChI is InChI=1S/C20H18FNO2S/c1-13-5-3-8-16(19(13)21)17-9-10-18(25-17)20(23)22-12-14-6-4-7-15(11-14)24-2/h3-11H,12H2,1-2H3,(H,22,23). The Morgan fingerprint density at radius 1 is 1.16 bits per heavy atom. The van der Waals surface area contributed by atoms with Gasteiger partial charge in [0.05, 0.1) is 12.0 Å². The Hall–Kier alpha value is -2.66. The van der Waals surface area contributed by atoms with Crippen molar-refractivity contribution in [2.75, 3.05) is 7.11 Å². The summed E-state index contributed by atoms with van der Waals surface area (Å²) in [6.45, 7) is 2.14. The molecule has 128 valence electrons. The van der Waals surface area contributed by atoms with E-state index in [4.69, 9.17) is 4.74 Å². The number of rotatable bonds is 5. The number of ether oxygens (including phenoxy) is 1. The smallest absolute Gasteiger partial charge is 0.261 e. The normalized spacial score (nSPS) is 10.5. The Morgan fingerprint density at radius 3 is 2.76 bits per heavy atom. The molecule has 0 spiro atoms. The van der Waals surface area contributed by atoms with Crippen molar-refractivity contribution in [2.45, 2.75) is 13.5 Å². The van der Waals surface area contributed by atoms with Crippen LogP contribution in [0.25, 0.3) is 10.4 Å². The number of benzene rings is 2. The summed E-state index contributed by atoms with van der Waals surface area (Å²) in [4.78, 5) is 13.6. The second-order valence-corrected chi connectivity index (χ2v) is 6.72. The van der Waals surface area contributed by atoms with Crippen molar-refractivity contribution >= 4 is 17.2 Å². The summed E-state index contributed by atoms with van der Waals surface area (Å²) in [7, 11) is 1.61. The number of methoxy groups -OCH3 is 1. The molecular weight excluding hydrogens is 337 g/mol. The Balaban J connectivity index is 1.71. The number of carbonyl (C=O) groups excluding carboxylic acids is 1. The highest BCUT2D eigenvalue weighted by Gasteiger charge is 2.13. The molecule has 1 N–H and O–H groups in total. The summed E-state index contributed by atoms with van der Waals surface area (Å²) in [5.74, 6) is 0.333. The molecule has 5 heteroatoms. The average Bonchev–Trinajstić information content (AvgIpc) is 3.12. The van der Waals surface area contributed by atoms with Crippen LogP contribution in [0.3, 0.4) is 0 Å². The van der Waals surface area contributed by atoms with Crippen molar-refractivity contribution in [3.8, 4) is 16.2 Å². The number of carbonyl (C=O) groups is 1. The molecule has 1 aromatic heterocycles. The van der Waals surface area contributed by atoms with Gasteiger partial charge in [0, 0.05) is 17.0 Å². The maximum absolute atomic E-state index is 14.2. The van der Waals surface area contributed by atoms with Crippen LogP contribution in [-0.2, 0) is 6.54 Å². The van der Waals surface area contributed by atoms with Gasteiger partial charge in [0.15, 0.2) is 0 Å². The molecule has 0 fully saturated rings. The van der Waals surface area contributed by atoms with E-state index in [0.717, 1.165) is 16.2 Å². The van der Waals surface area contributed by atoms with Crippen LogP contribution in [0.5, 0.6) is 5.75 Å². The monoisotopic (exact) mass is 355 g/mol. The second kappa shape index (κ2) is 7.49. The summed E-state index contributed by atoms with van der Waals surface area (Å²) >= 11 is 1.28. The fraction of sp³-hybridized carbons (Fsp3) is 0.150. The van der Waals surface area contributed by atoms with Crippen LogP contribution in [0.15, 0.2) is 54.6 Å². The average molecular weight is 355 g/mol. The highest BCUT2D eigenvalue weighted by Crippen LogP contribution is 2.31. The number of halogens is 1. The zero-order valence-electron chi connectivity index (χ0n) is 14.0. The predicted octanol–water partition coefficient (Wildman–Crippen LogP) is 4.80. The lowest BCUT2D eigenvalue weighted by molar-refractivity contribution is 0.0955. The van der Waals surface area contributed by atoms with Gasteiger partial charge in [0.2, 0.25) is 0 Å². The van der Waals surface area contributed by atoms with Gasteiger partial charge in [-0.25, -0.2) is 4.39 Å². The molecule has 25 heavy (non-hydrogen) atoms. The van der Waals surface area contributed by atoms with Gasteiger partial charge in [-0.05, 0) is 42.3 Å². The highest BCUT2D eigenvalue weighted by molar-refractivity contribution is 7.17. The second-order valence-electron chi connectivity index (χ2n) is 5.63. The van der Waals surface area contributed by atoms with Gasteiger partial charge in [-0.2, -0.15) is 0 Å². The number of amides is 1. The van der Waals surface area contributed by atoms with Crippen LogP contribution < -0.4 is 10.1 Å². The first-order valence-electron chi connectivity index (χ1n) is 7.85. The zero-order valence-corrected chi connectivity index (χ0v) is 14.8. The summed E-state index contributed by atoms with van der Waals surface area (Å²) in [5, 5.41) is 2.88. The van der Waals surface area contributed by atoms with Gasteiger partial charge >= 0.3 is 0 Å². The van der Waals surface area contributed by atoms with Crippen molar-refractivity contribution in [3.63, 3.8) is 0 Å². The summed E-state index contributed by atoms with van der Waals surface area (Å²) < 4.78 is 19.4. The van der Waals surface area contributed by atoms with Gasteiger partial charge < -0.3 is 10.1 Å². The van der Waals surface area contributed by atoms with Gasteiger partial charge in [-0.1, -0.05) is 30.3 Å². The minimum absolute atomic E-state index is 0.174. The molecule has 2 aromatic carbocycles. The minimum atomic E-state index is -0.243. The van der Waals surface area contributed by atoms with E-state index < -0.39 is 0 Å². The van der Waals surface area contributed by atoms with E-state index in [9.17, 15) is 9.18 Å². The van der Waals surface area contributed by atoms with Gasteiger partial charge in [0.1, 0.15) is 11.6 Å². The molecule has 1 heterocycles. The molecule has 3 nitrogen and oxygen atoms in total. The SMILES string of the molecule is COc1cccc(CNC(=O)c2ccc(-c3cccc(C)c3F)s2)c1. The van der Waals surface area contributed by atoms with Gasteiger partial charge in [-0.3, -0.25) is 4.79 Å². The molecule has 0 aliphatic carbocycles. The van der Waals surface area contributed by atoms with Crippen LogP contribution in [0, 0.1) is 12.7 Å². The van der Waals surface area contributed by atoms with Crippen molar-refractivity contribution in [2.24, 2.45) is 0 Å². The molecule has 0 unspecified atom stereocenters. The highest BCUT2D eigenvalue weighted by atomic mass is 32.1. The molecule has 0 aliphatic rings. The summed E-state index contributed by atoms with van der Waals surface area (Å²) in [6.07, 6.45) is 0. The fourth-order valence-corrected chi connectivity index (χ4v) is 3.44. The summed E-state index contributed by atoms with van der Waals surface area (Å²) in [5.41, 5.74) is 2.07. The van der Waals surface area contributed by atoms with E-state index in [1.54, 1.807) is 38.3 Å². The van der Waals surface area contributed by atoms with Crippen LogP contribution in [0.4, 0.5) is 4.39 Å². The van der Waals surface area contributed by atoms with E-state index in [1.807, 2.05) is 30.3 Å². The van der Waals surface area contributed by atoms with Crippen LogP contribution in [0.1, 0.15) is 20.8 Å². The van der Waals surface area contributed by atoms with Crippen molar-refractivity contribution in [3.05, 3.63) is 76.4 Å². The number of aryl methyl sites for hydroxylation is 1. The maximum atomic E-state index is 14.2. The third-order valence-electron chi connectivity index (χ3n) is 3.87. The lowest BCUT2D eigenvalue weighted by atomic mass is 10.1. The Kier molecular flexibility index (Phi) is 5.14. The van der Waals surface area contributed by atoms with E-state index in [2.05, 4.69) is 5.32 Å². The fourth-order valence-electron chi connectivity index (χ4n) is 2.49. The quantitative estimate of drug-likeness (QED) is 0.714. The minimum Gasteiger partial charge on any atom is -0.497 e. The van der Waals surface area contributed by atoms with Gasteiger partial charge in [-0.15, -0.1) is 11.3 Å². The number of hydrogen-bond acceptors (Lipinski definition) is 3. The number of thiophene rings is 1. The Labute approximate surface area is 150 Å². The Bertz CT molecular complexity index is 904. The number of hydrogen-bond donors (Lipinski definition) is 1. The first-order chi connectivity index (χ1) is 12.1. The predicted molar refractivity (Wildman–Crippen MR) is 98.6 cm³/mol. The molecular formula is C20H18FNO2S. The van der Waals surface area contributed by atoms with Crippen LogP contribution >= 0.6 is 11.3 Å². The van der Waals surface area contributed by atoms with Crippen molar-refractivity contribution in [1.82, 2.24) is 5.32 Å². The van der Waals surface area contributed by atoms with E-state index in [1.165, 1.54) is 11.3 Å². The number of nitrogens with one attached hydrogen (secondary N) is 1.